The van der Waals surface area contributed by atoms with Crippen LogP contribution in [0.4, 0.5) is 0 Å². The summed E-state index contributed by atoms with van der Waals surface area (Å²) in [5.41, 5.74) is 25.1. The van der Waals surface area contributed by atoms with Crippen LogP contribution in [0, 0.1) is 13.8 Å². The van der Waals surface area contributed by atoms with Gasteiger partial charge in [0.2, 0.25) is 11.4 Å². The van der Waals surface area contributed by atoms with Crippen molar-refractivity contribution in [3.63, 3.8) is 0 Å². The Bertz CT molecular complexity index is 1360. The van der Waals surface area contributed by atoms with Crippen molar-refractivity contribution in [3.8, 4) is 0 Å². The van der Waals surface area contributed by atoms with Crippen LogP contribution in [-0.2, 0) is 42.2 Å². The van der Waals surface area contributed by atoms with Gasteiger partial charge < -0.3 is 19.4 Å². The van der Waals surface area contributed by atoms with Gasteiger partial charge in [0.15, 0.2) is 0 Å². The molecule has 344 valence electrons. The van der Waals surface area contributed by atoms with Crippen molar-refractivity contribution in [2.75, 3.05) is 0 Å². The van der Waals surface area contributed by atoms with Gasteiger partial charge in [0.25, 0.3) is 0 Å². The third-order valence-corrected chi connectivity index (χ3v) is 11.9. The minimum absolute atomic E-state index is 0. The van der Waals surface area contributed by atoms with Gasteiger partial charge >= 0.3 is 16.5 Å². The van der Waals surface area contributed by atoms with Gasteiger partial charge in [0.05, 0.1) is 0 Å². The first-order valence-electron chi connectivity index (χ1n) is 25.6. The molecule has 0 saturated carbocycles. The number of benzene rings is 2. The van der Waals surface area contributed by atoms with E-state index in [2.05, 4.69) is 106 Å². The summed E-state index contributed by atoms with van der Waals surface area (Å²) in [7, 11) is 0. The largest absolute Gasteiger partial charge is 2.00 e. The van der Waals surface area contributed by atoms with Crippen molar-refractivity contribution in [2.45, 2.75) is 254 Å². The summed E-state index contributed by atoms with van der Waals surface area (Å²) in [6.45, 7) is 25.6. The summed E-state index contributed by atoms with van der Waals surface area (Å²) >= 11 is 0. The predicted molar refractivity (Wildman–Crippen MR) is 266 cm³/mol. The Balaban J connectivity index is 0.00000233. The number of hydrogen-bond acceptors (Lipinski definition) is 0. The maximum atomic E-state index is 12.3. The molecule has 1 aliphatic rings. The summed E-state index contributed by atoms with van der Waals surface area (Å²) in [5, 5.41) is 0. The summed E-state index contributed by atoms with van der Waals surface area (Å²) in [6, 6.07) is 14.5. The van der Waals surface area contributed by atoms with E-state index in [0.717, 1.165) is 56.3 Å². The number of aryl methyl sites for hydroxylation is 4. The molecule has 3 heteroatoms. The van der Waals surface area contributed by atoms with Crippen molar-refractivity contribution in [1.82, 2.24) is 0 Å². The first kappa shape index (κ1) is 58.0. The van der Waals surface area contributed by atoms with E-state index in [1.807, 2.05) is 0 Å². The summed E-state index contributed by atoms with van der Waals surface area (Å²) < 4.78 is 1.61. The Morgan fingerprint density at radius 2 is 0.683 bits per heavy atom. The first-order valence-corrected chi connectivity index (χ1v) is 25.6. The zero-order valence-corrected chi connectivity index (χ0v) is 42.0. The number of rotatable bonds is 31. The standard InChI is InChI=1S/C45H70N2.2C6H13.Ni/c1-7-12-17-20-21-24-29-43-36(6)44(41-32-39(27-22-18-13-8-2)31-40(33-41)28-23-19-14-9-3)47(46)45(43)42-34-37(25-15-10-4)30-38(35-42)26-16-11-5;2*1-3-5-6-4-2;/h30-35H,7-29H2,1-6H3;2*1,3-6H2,2H3;/q;2*-1;+2. The molecule has 2 aromatic rings. The third kappa shape index (κ3) is 24.0. The molecule has 0 fully saturated rings. The Morgan fingerprint density at radius 3 is 1.05 bits per heavy atom. The molecule has 60 heavy (non-hydrogen) atoms. The van der Waals surface area contributed by atoms with Crippen LogP contribution in [-0.4, -0.2) is 4.70 Å². The molecular weight excluding hydrogens is 771 g/mol. The fourth-order valence-electron chi connectivity index (χ4n) is 8.25. The Hall–Kier alpha value is -1.99. The van der Waals surface area contributed by atoms with E-state index in [0.29, 0.717) is 0 Å². The second-order valence-corrected chi connectivity index (χ2v) is 17.7. The van der Waals surface area contributed by atoms with Crippen LogP contribution < -0.4 is 0 Å². The molecule has 2 aromatic carbocycles. The second-order valence-electron chi connectivity index (χ2n) is 17.7. The molecular formula is C57H96N2Ni. The average molecular weight is 868 g/mol. The van der Waals surface area contributed by atoms with E-state index in [4.69, 9.17) is 0 Å². The van der Waals surface area contributed by atoms with Crippen molar-refractivity contribution in [2.24, 2.45) is 0 Å². The zero-order chi connectivity index (χ0) is 43.5. The molecule has 1 aliphatic heterocycles. The van der Waals surface area contributed by atoms with Crippen molar-refractivity contribution >= 4 is 11.4 Å². The van der Waals surface area contributed by atoms with E-state index < -0.39 is 0 Å². The van der Waals surface area contributed by atoms with Gasteiger partial charge in [0, 0.05) is 22.3 Å². The molecule has 0 unspecified atom stereocenters. The smallest absolute Gasteiger partial charge is 0.493 e. The second kappa shape index (κ2) is 38.7. The van der Waals surface area contributed by atoms with E-state index in [1.54, 1.807) is 4.70 Å². The summed E-state index contributed by atoms with van der Waals surface area (Å²) in [4.78, 5) is 0. The fourth-order valence-corrected chi connectivity index (χ4v) is 8.25. The van der Waals surface area contributed by atoms with E-state index in [-0.39, 0.29) is 16.5 Å². The van der Waals surface area contributed by atoms with E-state index in [9.17, 15) is 5.53 Å². The molecule has 3 rings (SSSR count). The number of nitrogens with zero attached hydrogens (tertiary/aromatic N) is 2. The normalized spacial score (nSPS) is 12.3. The van der Waals surface area contributed by atoms with Crippen LogP contribution >= 0.6 is 0 Å². The van der Waals surface area contributed by atoms with Crippen LogP contribution in [0.5, 0.6) is 0 Å². The molecule has 0 atom stereocenters. The SMILES string of the molecule is CCCCCCCCC1=C(c2cc(CCCC)cc(CCCC)c2)[N+](=[N-])C(c2cc(CCCCCC)cc(CCCCCC)c2)=C1C.[CH2-]CCCCC.[CH2-]CCCCC.[Ni+2]. The van der Waals surface area contributed by atoms with Gasteiger partial charge in [-0.25, -0.2) is 4.70 Å². The molecule has 0 N–H and O–H groups in total. The molecule has 1 heterocycles. The molecule has 0 saturated heterocycles. The maximum Gasteiger partial charge on any atom is 2.00 e. The van der Waals surface area contributed by atoms with Gasteiger partial charge in [0.1, 0.15) is 0 Å². The van der Waals surface area contributed by atoms with Gasteiger partial charge in [-0.05, 0) is 118 Å². The van der Waals surface area contributed by atoms with Crippen LogP contribution in [0.3, 0.4) is 0 Å². The van der Waals surface area contributed by atoms with Crippen molar-refractivity contribution in [3.05, 3.63) is 100 Å². The van der Waals surface area contributed by atoms with Crippen molar-refractivity contribution < 1.29 is 21.2 Å². The van der Waals surface area contributed by atoms with Crippen LogP contribution in [0.15, 0.2) is 47.5 Å². The average Bonchev–Trinajstić information content (AvgIpc) is 3.50. The zero-order valence-electron chi connectivity index (χ0n) is 41.0. The number of allylic oxidation sites excluding steroid dienone is 2. The van der Waals surface area contributed by atoms with Gasteiger partial charge in [-0.3, -0.25) is 0 Å². The monoisotopic (exact) mass is 867 g/mol. The van der Waals surface area contributed by atoms with Crippen LogP contribution in [0.1, 0.15) is 262 Å². The topological polar surface area (TPSA) is 25.3 Å². The predicted octanol–water partition coefficient (Wildman–Crippen LogP) is 19.4. The molecule has 0 radical (unpaired) electrons. The minimum Gasteiger partial charge on any atom is -0.493 e. The molecule has 0 aliphatic carbocycles. The quantitative estimate of drug-likeness (QED) is 0.0312. The summed E-state index contributed by atoms with van der Waals surface area (Å²) in [6.07, 6.45) is 38.4. The molecule has 0 spiro atoms. The van der Waals surface area contributed by atoms with Crippen molar-refractivity contribution in [1.29, 1.82) is 0 Å². The molecule has 0 aromatic heterocycles. The fraction of sp³-hybridized carbons (Fsp3) is 0.684. The van der Waals surface area contributed by atoms with Gasteiger partial charge in [-0.1, -0.05) is 183 Å². The molecule has 0 amide bonds. The Labute approximate surface area is 385 Å². The first-order chi connectivity index (χ1) is 28.8. The molecule has 2 nitrogen and oxygen atoms in total. The number of hydrogen-bond donors (Lipinski definition) is 0. The van der Waals surface area contributed by atoms with Crippen LogP contribution in [0.2, 0.25) is 0 Å². The number of unbranched alkanes of at least 4 members (excludes halogenated alkanes) is 19. The minimum atomic E-state index is 0. The van der Waals surface area contributed by atoms with Crippen LogP contribution in [0.25, 0.3) is 16.9 Å². The Morgan fingerprint density at radius 1 is 0.383 bits per heavy atom. The molecule has 0 bridgehead atoms. The van der Waals surface area contributed by atoms with Gasteiger partial charge in [-0.15, -0.1) is 0 Å². The third-order valence-electron chi connectivity index (χ3n) is 11.9. The maximum absolute atomic E-state index is 12.3. The van der Waals surface area contributed by atoms with Gasteiger partial charge in [-0.2, -0.15) is 12.8 Å². The van der Waals surface area contributed by atoms with E-state index in [1.165, 1.54) is 199 Å². The Kier molecular flexibility index (Phi) is 37.4. The summed E-state index contributed by atoms with van der Waals surface area (Å²) in [5.74, 6) is 0. The van der Waals surface area contributed by atoms with E-state index >= 15 is 0 Å².